The van der Waals surface area contributed by atoms with Crippen molar-refractivity contribution in [2.75, 3.05) is 7.05 Å². The Morgan fingerprint density at radius 1 is 1.55 bits per heavy atom. The molecule has 3 heteroatoms. The van der Waals surface area contributed by atoms with Crippen LogP contribution in [0.3, 0.4) is 0 Å². The van der Waals surface area contributed by atoms with Gasteiger partial charge >= 0.3 is 0 Å². The topological polar surface area (TPSA) is 16.1 Å². The third kappa shape index (κ3) is 1.12. The summed E-state index contributed by atoms with van der Waals surface area (Å²) in [5, 5.41) is 0.847. The van der Waals surface area contributed by atoms with Crippen molar-refractivity contribution in [2.24, 2.45) is 0 Å². The van der Waals surface area contributed by atoms with Crippen molar-refractivity contribution in [3.63, 3.8) is 0 Å². The van der Waals surface area contributed by atoms with Crippen LogP contribution in [0, 0.1) is 0 Å². The number of aromatic nitrogens is 1. The highest BCUT2D eigenvalue weighted by Crippen LogP contribution is 2.25. The predicted octanol–water partition coefficient (Wildman–Crippen LogP) is 1.68. The molecular formula is C8H9ClN2. The molecule has 0 aromatic carbocycles. The summed E-state index contributed by atoms with van der Waals surface area (Å²) in [4.78, 5) is 6.44. The van der Waals surface area contributed by atoms with Crippen LogP contribution >= 0.6 is 11.6 Å². The first-order chi connectivity index (χ1) is 5.27. The van der Waals surface area contributed by atoms with E-state index in [1.54, 1.807) is 6.20 Å². The smallest absolute Gasteiger partial charge is 0.0603 e. The van der Waals surface area contributed by atoms with Crippen molar-refractivity contribution in [3.05, 3.63) is 28.5 Å². The molecule has 0 fully saturated rings. The number of fused-ring (bicyclic) bond motifs is 1. The van der Waals surface area contributed by atoms with Crippen LogP contribution in [0.25, 0.3) is 0 Å². The predicted molar refractivity (Wildman–Crippen MR) is 44.4 cm³/mol. The van der Waals surface area contributed by atoms with E-state index >= 15 is 0 Å². The van der Waals surface area contributed by atoms with Crippen LogP contribution in [0.15, 0.2) is 12.3 Å². The maximum Gasteiger partial charge on any atom is 0.0603 e. The zero-order valence-electron chi connectivity index (χ0n) is 6.34. The first-order valence-corrected chi connectivity index (χ1v) is 3.96. The summed E-state index contributed by atoms with van der Waals surface area (Å²) >= 11 is 5.97. The molecule has 1 aliphatic rings. The highest BCUT2D eigenvalue weighted by molar-refractivity contribution is 6.31. The van der Waals surface area contributed by atoms with E-state index in [1.807, 2.05) is 6.07 Å². The first kappa shape index (κ1) is 7.07. The fraction of sp³-hybridized carbons (Fsp3) is 0.375. The quantitative estimate of drug-likeness (QED) is 0.586. The maximum atomic E-state index is 5.97. The summed E-state index contributed by atoms with van der Waals surface area (Å²) in [6, 6.07) is 1.85. The molecule has 0 saturated carbocycles. The van der Waals surface area contributed by atoms with Crippen molar-refractivity contribution < 1.29 is 0 Å². The number of hydrogen-bond acceptors (Lipinski definition) is 2. The van der Waals surface area contributed by atoms with E-state index in [0.717, 1.165) is 23.8 Å². The van der Waals surface area contributed by atoms with Crippen molar-refractivity contribution in [1.82, 2.24) is 9.88 Å². The molecule has 0 atom stereocenters. The monoisotopic (exact) mass is 168 g/mol. The molecule has 1 aromatic rings. The van der Waals surface area contributed by atoms with Gasteiger partial charge in [0.1, 0.15) is 0 Å². The molecule has 1 aliphatic heterocycles. The zero-order valence-corrected chi connectivity index (χ0v) is 7.10. The molecule has 0 aliphatic carbocycles. The normalized spacial score (nSPS) is 16.9. The second-order valence-electron chi connectivity index (χ2n) is 2.89. The Morgan fingerprint density at radius 3 is 3.09 bits per heavy atom. The van der Waals surface area contributed by atoms with Crippen LogP contribution in [-0.2, 0) is 13.1 Å². The van der Waals surface area contributed by atoms with Gasteiger partial charge in [-0.1, -0.05) is 11.6 Å². The van der Waals surface area contributed by atoms with Gasteiger partial charge in [0.05, 0.1) is 5.69 Å². The highest BCUT2D eigenvalue weighted by atomic mass is 35.5. The number of halogens is 1. The van der Waals surface area contributed by atoms with Gasteiger partial charge in [-0.15, -0.1) is 0 Å². The molecule has 1 aromatic heterocycles. The van der Waals surface area contributed by atoms with E-state index in [4.69, 9.17) is 11.6 Å². The number of rotatable bonds is 0. The molecule has 0 radical (unpaired) electrons. The lowest BCUT2D eigenvalue weighted by Gasteiger charge is -2.02. The summed E-state index contributed by atoms with van der Waals surface area (Å²) in [5.41, 5.74) is 2.32. The summed E-state index contributed by atoms with van der Waals surface area (Å²) in [5.74, 6) is 0. The maximum absolute atomic E-state index is 5.97. The summed E-state index contributed by atoms with van der Waals surface area (Å²) < 4.78 is 0. The molecule has 2 heterocycles. The lowest BCUT2D eigenvalue weighted by molar-refractivity contribution is 0.351. The minimum absolute atomic E-state index is 0.847. The molecule has 0 N–H and O–H groups in total. The molecule has 0 spiro atoms. The minimum Gasteiger partial charge on any atom is -0.296 e. The number of pyridine rings is 1. The van der Waals surface area contributed by atoms with Gasteiger partial charge in [0.2, 0.25) is 0 Å². The van der Waals surface area contributed by atoms with Crippen LogP contribution in [0.1, 0.15) is 11.3 Å². The Hall–Kier alpha value is -0.600. The molecule has 0 bridgehead atoms. The molecular weight excluding hydrogens is 160 g/mol. The second-order valence-corrected chi connectivity index (χ2v) is 3.30. The van der Waals surface area contributed by atoms with Crippen molar-refractivity contribution >= 4 is 11.6 Å². The fourth-order valence-corrected chi connectivity index (χ4v) is 1.62. The molecule has 2 rings (SSSR count). The van der Waals surface area contributed by atoms with Crippen molar-refractivity contribution in [1.29, 1.82) is 0 Å². The average molecular weight is 169 g/mol. The largest absolute Gasteiger partial charge is 0.296 e. The van der Waals surface area contributed by atoms with Gasteiger partial charge in [0.15, 0.2) is 0 Å². The zero-order chi connectivity index (χ0) is 7.84. The van der Waals surface area contributed by atoms with Crippen molar-refractivity contribution in [3.8, 4) is 0 Å². The summed E-state index contributed by atoms with van der Waals surface area (Å²) in [7, 11) is 2.07. The van der Waals surface area contributed by atoms with Crippen LogP contribution < -0.4 is 0 Å². The van der Waals surface area contributed by atoms with Gasteiger partial charge in [0.25, 0.3) is 0 Å². The first-order valence-electron chi connectivity index (χ1n) is 3.58. The van der Waals surface area contributed by atoms with E-state index in [1.165, 1.54) is 5.56 Å². The third-order valence-electron chi connectivity index (χ3n) is 1.94. The van der Waals surface area contributed by atoms with Crippen LogP contribution in [0.2, 0.25) is 5.02 Å². The van der Waals surface area contributed by atoms with Gasteiger partial charge in [-0.25, -0.2) is 0 Å². The van der Waals surface area contributed by atoms with E-state index in [2.05, 4.69) is 16.9 Å². The molecule has 0 saturated heterocycles. The lowest BCUT2D eigenvalue weighted by atomic mass is 10.2. The lowest BCUT2D eigenvalue weighted by Crippen LogP contribution is -2.07. The van der Waals surface area contributed by atoms with E-state index < -0.39 is 0 Å². The SMILES string of the molecule is CN1Cc2nccc(Cl)c2C1. The molecule has 0 amide bonds. The fourth-order valence-electron chi connectivity index (χ4n) is 1.39. The Labute approximate surface area is 70.8 Å². The average Bonchev–Trinajstić information content (AvgIpc) is 2.31. The number of hydrogen-bond donors (Lipinski definition) is 0. The van der Waals surface area contributed by atoms with Gasteiger partial charge < -0.3 is 0 Å². The molecule has 58 valence electrons. The number of nitrogens with zero attached hydrogens (tertiary/aromatic N) is 2. The Bertz CT molecular complexity index is 285. The van der Waals surface area contributed by atoms with Gasteiger partial charge in [0, 0.05) is 29.9 Å². The molecule has 0 unspecified atom stereocenters. The second kappa shape index (κ2) is 2.47. The Balaban J connectivity index is 2.49. The van der Waals surface area contributed by atoms with Crippen LogP contribution in [-0.4, -0.2) is 16.9 Å². The summed E-state index contributed by atoms with van der Waals surface area (Å²) in [6.07, 6.45) is 1.76. The van der Waals surface area contributed by atoms with Gasteiger partial charge in [-0.2, -0.15) is 0 Å². The van der Waals surface area contributed by atoms with E-state index in [9.17, 15) is 0 Å². The van der Waals surface area contributed by atoms with E-state index in [0.29, 0.717) is 0 Å². The minimum atomic E-state index is 0.847. The van der Waals surface area contributed by atoms with E-state index in [-0.39, 0.29) is 0 Å². The van der Waals surface area contributed by atoms with Crippen molar-refractivity contribution in [2.45, 2.75) is 13.1 Å². The summed E-state index contributed by atoms with van der Waals surface area (Å²) in [6.45, 7) is 1.86. The van der Waals surface area contributed by atoms with Gasteiger partial charge in [-0.3, -0.25) is 9.88 Å². The van der Waals surface area contributed by atoms with Crippen LogP contribution in [0.4, 0.5) is 0 Å². The third-order valence-corrected chi connectivity index (χ3v) is 2.29. The molecule has 2 nitrogen and oxygen atoms in total. The highest BCUT2D eigenvalue weighted by Gasteiger charge is 2.18. The Morgan fingerprint density at radius 2 is 2.36 bits per heavy atom. The Kier molecular flexibility index (Phi) is 1.59. The molecule has 11 heavy (non-hydrogen) atoms. The standard InChI is InChI=1S/C8H9ClN2/c1-11-4-6-7(9)2-3-10-8(6)5-11/h2-3H,4-5H2,1H3. The van der Waals surface area contributed by atoms with Gasteiger partial charge in [-0.05, 0) is 13.1 Å². The van der Waals surface area contributed by atoms with Crippen LogP contribution in [0.5, 0.6) is 0 Å².